The number of benzene rings is 2. The molecule has 1 fully saturated rings. The van der Waals surface area contributed by atoms with Gasteiger partial charge >= 0.3 is 0 Å². The molecule has 2 aliphatic heterocycles. The molecule has 0 radical (unpaired) electrons. The molecule has 184 valence electrons. The first kappa shape index (κ1) is 23.9. The normalized spacial score (nSPS) is 20.0. The lowest BCUT2D eigenvalue weighted by atomic mass is 9.95. The van der Waals surface area contributed by atoms with E-state index in [4.69, 9.17) is 0 Å². The fourth-order valence-corrected chi connectivity index (χ4v) is 6.34. The van der Waals surface area contributed by atoms with Crippen molar-refractivity contribution in [2.24, 2.45) is 5.92 Å². The van der Waals surface area contributed by atoms with Gasteiger partial charge in [0.1, 0.15) is 6.07 Å². The summed E-state index contributed by atoms with van der Waals surface area (Å²) in [7, 11) is -3.76. The van der Waals surface area contributed by atoms with Crippen LogP contribution in [-0.2, 0) is 10.0 Å². The zero-order chi connectivity index (χ0) is 25.4. The quantitative estimate of drug-likeness (QED) is 0.513. The van der Waals surface area contributed by atoms with Crippen molar-refractivity contribution in [3.05, 3.63) is 71.4 Å². The van der Waals surface area contributed by atoms with Gasteiger partial charge in [0.05, 0.1) is 28.0 Å². The monoisotopic (exact) mass is 503 g/mol. The van der Waals surface area contributed by atoms with Crippen LogP contribution in [0.3, 0.4) is 0 Å². The van der Waals surface area contributed by atoms with Gasteiger partial charge in [0, 0.05) is 42.9 Å². The summed E-state index contributed by atoms with van der Waals surface area (Å²) in [5.74, 6) is -1.09. The van der Waals surface area contributed by atoms with Crippen LogP contribution in [-0.4, -0.2) is 61.5 Å². The molecular weight excluding hydrogens is 478 g/mol. The van der Waals surface area contributed by atoms with Crippen molar-refractivity contribution in [3.63, 3.8) is 0 Å². The number of sulfonamides is 1. The topological polar surface area (TPSA) is 123 Å². The molecule has 0 saturated carbocycles. The molecule has 1 aromatic heterocycles. The second kappa shape index (κ2) is 9.33. The van der Waals surface area contributed by atoms with Gasteiger partial charge in [-0.15, -0.1) is 0 Å². The minimum absolute atomic E-state index is 0.209. The van der Waals surface area contributed by atoms with Crippen molar-refractivity contribution in [2.75, 3.05) is 30.3 Å². The van der Waals surface area contributed by atoms with Crippen molar-refractivity contribution >= 4 is 38.4 Å². The first-order valence-electron chi connectivity index (χ1n) is 11.8. The molecular formula is C26H25N5O4S. The maximum Gasteiger partial charge on any atom is 0.261 e. The average molecular weight is 504 g/mol. The number of carbonyl (C=O) groups excluding carboxylic acids is 2. The van der Waals surface area contributed by atoms with Crippen LogP contribution in [0, 0.1) is 17.2 Å². The van der Waals surface area contributed by atoms with Crippen LogP contribution < -0.4 is 9.62 Å². The maximum atomic E-state index is 13.0. The maximum absolute atomic E-state index is 13.0. The minimum Gasteiger partial charge on any atom is -0.369 e. The number of amides is 2. The highest BCUT2D eigenvalue weighted by atomic mass is 32.2. The summed E-state index contributed by atoms with van der Waals surface area (Å²) in [5, 5.41) is 10.3. The Bertz CT molecular complexity index is 1480. The predicted octanol–water partition coefficient (Wildman–Crippen LogP) is 2.54. The highest BCUT2D eigenvalue weighted by molar-refractivity contribution is 7.89. The fourth-order valence-electron chi connectivity index (χ4n) is 5.12. The molecule has 1 N–H and O–H groups in total. The van der Waals surface area contributed by atoms with E-state index in [1.54, 1.807) is 36.5 Å². The van der Waals surface area contributed by atoms with Crippen LogP contribution in [0.1, 0.15) is 39.6 Å². The van der Waals surface area contributed by atoms with E-state index in [0.29, 0.717) is 35.2 Å². The van der Waals surface area contributed by atoms with Gasteiger partial charge in [-0.3, -0.25) is 19.5 Å². The smallest absolute Gasteiger partial charge is 0.261 e. The van der Waals surface area contributed by atoms with E-state index < -0.39 is 21.8 Å². The van der Waals surface area contributed by atoms with E-state index in [2.05, 4.69) is 27.6 Å². The summed E-state index contributed by atoms with van der Waals surface area (Å²) in [6.07, 6.45) is 2.31. The molecule has 0 bridgehead atoms. The molecule has 9 nitrogen and oxygen atoms in total. The number of nitrogens with one attached hydrogen (secondary N) is 1. The lowest BCUT2D eigenvalue weighted by Gasteiger charge is -2.38. The summed E-state index contributed by atoms with van der Waals surface area (Å²) in [6, 6.07) is 15.7. The van der Waals surface area contributed by atoms with Crippen molar-refractivity contribution in [1.29, 1.82) is 5.26 Å². The number of hydrogen-bond donors (Lipinski definition) is 1. The molecule has 3 aromatic rings. The highest BCUT2D eigenvalue weighted by Crippen LogP contribution is 2.31. The summed E-state index contributed by atoms with van der Waals surface area (Å²) < 4.78 is 28.7. The molecule has 2 aromatic carbocycles. The molecule has 36 heavy (non-hydrogen) atoms. The van der Waals surface area contributed by atoms with Gasteiger partial charge in [-0.2, -0.15) is 5.26 Å². The van der Waals surface area contributed by atoms with Gasteiger partial charge in [-0.1, -0.05) is 19.1 Å². The third-order valence-electron chi connectivity index (χ3n) is 6.68. The SMILES string of the molecule is C[C@H]1C[C@@H](NS(=O)(=O)CCN2C(=O)c3ccccc3C2=O)CN(c2ccc(C#N)c3ncccc23)C1. The van der Waals surface area contributed by atoms with Gasteiger partial charge in [0.15, 0.2) is 0 Å². The Balaban J connectivity index is 1.29. The average Bonchev–Trinajstić information content (AvgIpc) is 3.11. The van der Waals surface area contributed by atoms with Crippen molar-refractivity contribution in [3.8, 4) is 6.07 Å². The number of carbonyl (C=O) groups is 2. The second-order valence-electron chi connectivity index (χ2n) is 9.33. The summed E-state index contributed by atoms with van der Waals surface area (Å²) in [4.78, 5) is 32.6. The molecule has 3 heterocycles. The Morgan fingerprint density at radius 2 is 1.78 bits per heavy atom. The van der Waals surface area contributed by atoms with Crippen LogP contribution in [0.2, 0.25) is 0 Å². The largest absolute Gasteiger partial charge is 0.369 e. The van der Waals surface area contributed by atoms with E-state index >= 15 is 0 Å². The van der Waals surface area contributed by atoms with Crippen molar-refractivity contribution in [1.82, 2.24) is 14.6 Å². The number of nitrogens with zero attached hydrogens (tertiary/aromatic N) is 4. The Kier molecular flexibility index (Phi) is 6.20. The van der Waals surface area contributed by atoms with Gasteiger partial charge in [0.25, 0.3) is 11.8 Å². The van der Waals surface area contributed by atoms with Crippen molar-refractivity contribution in [2.45, 2.75) is 19.4 Å². The first-order valence-corrected chi connectivity index (χ1v) is 13.4. The first-order chi connectivity index (χ1) is 17.3. The molecule has 0 unspecified atom stereocenters. The Hall–Kier alpha value is -3.81. The van der Waals surface area contributed by atoms with E-state index in [9.17, 15) is 23.3 Å². The van der Waals surface area contributed by atoms with E-state index in [0.717, 1.165) is 22.5 Å². The second-order valence-corrected chi connectivity index (χ2v) is 11.2. The van der Waals surface area contributed by atoms with Gasteiger partial charge in [-0.25, -0.2) is 13.1 Å². The molecule has 2 aliphatic rings. The van der Waals surface area contributed by atoms with Gasteiger partial charge in [0.2, 0.25) is 10.0 Å². The zero-order valence-corrected chi connectivity index (χ0v) is 20.5. The van der Waals surface area contributed by atoms with E-state index in [1.165, 1.54) is 0 Å². The molecule has 2 atom stereocenters. The third-order valence-corrected chi connectivity index (χ3v) is 8.09. The molecule has 1 saturated heterocycles. The lowest BCUT2D eigenvalue weighted by molar-refractivity contribution is 0.0664. The summed E-state index contributed by atoms with van der Waals surface area (Å²) in [5.41, 5.74) is 2.61. The number of hydrogen-bond acceptors (Lipinski definition) is 7. The summed E-state index contributed by atoms with van der Waals surface area (Å²) >= 11 is 0. The number of piperidine rings is 1. The Morgan fingerprint density at radius 1 is 1.06 bits per heavy atom. The number of rotatable bonds is 6. The number of pyridine rings is 1. The van der Waals surface area contributed by atoms with Crippen LogP contribution in [0.5, 0.6) is 0 Å². The van der Waals surface area contributed by atoms with E-state index in [1.807, 2.05) is 18.2 Å². The van der Waals surface area contributed by atoms with Crippen LogP contribution in [0.4, 0.5) is 5.69 Å². The predicted molar refractivity (Wildman–Crippen MR) is 135 cm³/mol. The third kappa shape index (κ3) is 4.43. The fraction of sp³-hybridized carbons (Fsp3) is 0.308. The Morgan fingerprint density at radius 3 is 2.47 bits per heavy atom. The van der Waals surface area contributed by atoms with Crippen LogP contribution in [0.15, 0.2) is 54.7 Å². The highest BCUT2D eigenvalue weighted by Gasteiger charge is 2.36. The summed E-state index contributed by atoms with van der Waals surface area (Å²) in [6.45, 7) is 3.05. The van der Waals surface area contributed by atoms with Gasteiger partial charge < -0.3 is 4.90 Å². The molecule has 5 rings (SSSR count). The number of fused-ring (bicyclic) bond motifs is 2. The molecule has 10 heteroatoms. The van der Waals surface area contributed by atoms with E-state index in [-0.39, 0.29) is 24.3 Å². The van der Waals surface area contributed by atoms with Crippen LogP contribution >= 0.6 is 0 Å². The number of anilines is 1. The molecule has 2 amide bonds. The number of aromatic nitrogens is 1. The number of nitriles is 1. The number of imide groups is 1. The molecule has 0 spiro atoms. The van der Waals surface area contributed by atoms with Crippen LogP contribution in [0.25, 0.3) is 10.9 Å². The zero-order valence-electron chi connectivity index (χ0n) is 19.7. The molecule has 0 aliphatic carbocycles. The lowest BCUT2D eigenvalue weighted by Crippen LogP contribution is -2.51. The standard InChI is InChI=1S/C26H25N5O4S/c1-17-13-19(16-30(15-17)23-9-8-18(14-27)24-22(23)7-4-10-28-24)29-36(34,35)12-11-31-25(32)20-5-2-3-6-21(20)26(31)33/h2-10,17,19,29H,11-13,15-16H2,1H3/t17-,19+/m0/s1. The van der Waals surface area contributed by atoms with Crippen molar-refractivity contribution < 1.29 is 18.0 Å². The van der Waals surface area contributed by atoms with Gasteiger partial charge in [-0.05, 0) is 48.7 Å². The minimum atomic E-state index is -3.76. The Labute approximate surface area is 209 Å².